The molecule has 1 spiro atoms. The van der Waals surface area contributed by atoms with Crippen molar-refractivity contribution in [1.29, 1.82) is 0 Å². The van der Waals surface area contributed by atoms with Gasteiger partial charge in [0.25, 0.3) is 0 Å². The molecule has 1 heterocycles. The highest BCUT2D eigenvalue weighted by Crippen LogP contribution is 2.74. The van der Waals surface area contributed by atoms with Crippen LogP contribution in [0.25, 0.3) is 0 Å². The number of hydrogen-bond donors (Lipinski definition) is 0. The number of Topliss-reactive ketones (excluding diaryl/α,β-unsaturated/α-hetero) is 2. The number of ketones is 2. The highest BCUT2D eigenvalue weighted by atomic mass is 19.1. The van der Waals surface area contributed by atoms with Gasteiger partial charge in [0.15, 0.2) is 23.8 Å². The Morgan fingerprint density at radius 2 is 1.92 bits per heavy atom. The van der Waals surface area contributed by atoms with Crippen LogP contribution >= 0.6 is 0 Å². The molecule has 3 nitrogen and oxygen atoms in total. The summed E-state index contributed by atoms with van der Waals surface area (Å²) in [6.07, 6.45) is 1.78. The quantitative estimate of drug-likeness (QED) is 0.497. The molecule has 4 saturated carbocycles. The minimum absolute atomic E-state index is 0.0988. The Hall–Kier alpha value is -1.03. The van der Waals surface area contributed by atoms with Gasteiger partial charge in [-0.15, -0.1) is 0 Å². The topological polar surface area (TPSA) is 46.7 Å². The molecule has 5 fully saturated rings. The minimum Gasteiger partial charge on any atom is -0.352 e. The van der Waals surface area contributed by atoms with Crippen molar-refractivity contribution in [3.05, 3.63) is 12.2 Å². The van der Waals surface area contributed by atoms with E-state index in [-0.39, 0.29) is 40.8 Å². The maximum Gasteiger partial charge on any atom is 0.173 e. The second-order valence-corrected chi connectivity index (χ2v) is 9.80. The second kappa shape index (κ2) is 4.44. The van der Waals surface area contributed by atoms with E-state index >= 15 is 0 Å². The van der Waals surface area contributed by atoms with Crippen LogP contribution in [0.1, 0.15) is 52.9 Å². The molecule has 4 heteroatoms. The van der Waals surface area contributed by atoms with Crippen molar-refractivity contribution < 1.29 is 18.7 Å². The monoisotopic (exact) mass is 346 g/mol. The first-order chi connectivity index (χ1) is 11.7. The third-order valence-corrected chi connectivity index (χ3v) is 9.15. The molecule has 4 aliphatic carbocycles. The standard InChI is InChI=1S/C21H27FO3/c1-10-8-16(23)18-21(25-18)11(2)7-12-13(20(10,21)4)5-6-19(3)14(12)9-15(22)17(19)24/h10,12-15,18H,2,5-9H2,1,3-4H3/t10?,12-,13-,14+,15?,18?,19+,20-,21?/m1/s1. The van der Waals surface area contributed by atoms with Crippen LogP contribution in [0, 0.1) is 34.5 Å². The van der Waals surface area contributed by atoms with Crippen molar-refractivity contribution in [1.82, 2.24) is 0 Å². The summed E-state index contributed by atoms with van der Waals surface area (Å²) in [6.45, 7) is 10.8. The molecule has 136 valence electrons. The van der Waals surface area contributed by atoms with E-state index in [0.717, 1.165) is 24.8 Å². The highest BCUT2D eigenvalue weighted by Gasteiger charge is 2.80. The van der Waals surface area contributed by atoms with Crippen molar-refractivity contribution in [3.8, 4) is 0 Å². The van der Waals surface area contributed by atoms with Gasteiger partial charge in [-0.05, 0) is 54.9 Å². The van der Waals surface area contributed by atoms with Gasteiger partial charge in [0.2, 0.25) is 0 Å². The van der Waals surface area contributed by atoms with Crippen molar-refractivity contribution in [3.63, 3.8) is 0 Å². The Kier molecular flexibility index (Phi) is 2.87. The molecule has 0 bridgehead atoms. The SMILES string of the molecule is C=C1C[C@@H]2[C@@H](CC[C@]3(C)C(=O)C(F)C[C@@H]23)[C@@]2(C)C(C)CC(=O)C3OC132. The van der Waals surface area contributed by atoms with Gasteiger partial charge in [-0.2, -0.15) is 0 Å². The van der Waals surface area contributed by atoms with Gasteiger partial charge in [0, 0.05) is 17.3 Å². The van der Waals surface area contributed by atoms with E-state index in [2.05, 4.69) is 20.4 Å². The van der Waals surface area contributed by atoms with Crippen LogP contribution in [0.15, 0.2) is 12.2 Å². The third-order valence-electron chi connectivity index (χ3n) is 9.15. The normalized spacial score (nSPS) is 59.8. The molecule has 1 saturated heterocycles. The maximum atomic E-state index is 14.3. The molecule has 5 rings (SSSR count). The summed E-state index contributed by atoms with van der Waals surface area (Å²) in [5.74, 6) is 1.02. The van der Waals surface area contributed by atoms with E-state index in [9.17, 15) is 14.0 Å². The lowest BCUT2D eigenvalue weighted by molar-refractivity contribution is -0.142. The van der Waals surface area contributed by atoms with Crippen molar-refractivity contribution in [2.75, 3.05) is 0 Å². The van der Waals surface area contributed by atoms with Gasteiger partial charge < -0.3 is 4.74 Å². The van der Waals surface area contributed by atoms with E-state index in [1.54, 1.807) is 0 Å². The van der Waals surface area contributed by atoms with Gasteiger partial charge in [0.1, 0.15) is 5.60 Å². The molecular formula is C21H27FO3. The number of carbonyl (C=O) groups is 2. The fourth-order valence-electron chi connectivity index (χ4n) is 7.63. The van der Waals surface area contributed by atoms with Crippen LogP contribution in [0.4, 0.5) is 4.39 Å². The third kappa shape index (κ3) is 1.54. The average molecular weight is 346 g/mol. The summed E-state index contributed by atoms with van der Waals surface area (Å²) in [4.78, 5) is 24.9. The van der Waals surface area contributed by atoms with E-state index in [1.807, 2.05) is 6.92 Å². The molecule has 0 amide bonds. The van der Waals surface area contributed by atoms with Crippen molar-refractivity contribution in [2.45, 2.75) is 70.8 Å². The molecule has 4 unspecified atom stereocenters. The highest BCUT2D eigenvalue weighted by molar-refractivity contribution is 5.92. The van der Waals surface area contributed by atoms with Crippen LogP contribution in [-0.4, -0.2) is 29.4 Å². The second-order valence-electron chi connectivity index (χ2n) is 9.80. The molecule has 0 aromatic carbocycles. The van der Waals surface area contributed by atoms with E-state index in [1.165, 1.54) is 0 Å². The molecule has 1 aliphatic heterocycles. The van der Waals surface area contributed by atoms with Crippen molar-refractivity contribution >= 4 is 11.6 Å². The number of alkyl halides is 1. The maximum absolute atomic E-state index is 14.3. The van der Waals surface area contributed by atoms with Gasteiger partial charge in [-0.3, -0.25) is 9.59 Å². The Labute approximate surface area is 148 Å². The first-order valence-corrected chi connectivity index (χ1v) is 9.75. The predicted octanol–water partition coefficient (Wildman–Crippen LogP) is 3.66. The Morgan fingerprint density at radius 3 is 2.64 bits per heavy atom. The smallest absolute Gasteiger partial charge is 0.173 e. The molecular weight excluding hydrogens is 319 g/mol. The minimum atomic E-state index is -1.30. The lowest BCUT2D eigenvalue weighted by Crippen LogP contribution is -2.61. The lowest BCUT2D eigenvalue weighted by atomic mass is 9.42. The van der Waals surface area contributed by atoms with E-state index in [0.29, 0.717) is 18.8 Å². The fraction of sp³-hybridized carbons (Fsp3) is 0.810. The summed E-state index contributed by atoms with van der Waals surface area (Å²) >= 11 is 0. The molecule has 25 heavy (non-hydrogen) atoms. The summed E-state index contributed by atoms with van der Waals surface area (Å²) in [6, 6.07) is 0. The number of ether oxygens (including phenoxy) is 1. The zero-order valence-electron chi connectivity index (χ0n) is 15.3. The van der Waals surface area contributed by atoms with Crippen molar-refractivity contribution in [2.24, 2.45) is 34.5 Å². The molecule has 5 aliphatic rings. The van der Waals surface area contributed by atoms with Gasteiger partial charge in [-0.25, -0.2) is 4.39 Å². The predicted molar refractivity (Wildman–Crippen MR) is 90.6 cm³/mol. The summed E-state index contributed by atoms with van der Waals surface area (Å²) < 4.78 is 20.4. The number of rotatable bonds is 0. The summed E-state index contributed by atoms with van der Waals surface area (Å²) in [7, 11) is 0. The van der Waals surface area contributed by atoms with Gasteiger partial charge >= 0.3 is 0 Å². The number of fused-ring (bicyclic) bond motifs is 4. The number of epoxide rings is 1. The van der Waals surface area contributed by atoms with E-state index in [4.69, 9.17) is 4.74 Å². The van der Waals surface area contributed by atoms with Crippen LogP contribution in [-0.2, 0) is 14.3 Å². The van der Waals surface area contributed by atoms with Crippen LogP contribution in [0.2, 0.25) is 0 Å². The first kappa shape index (κ1) is 16.2. The van der Waals surface area contributed by atoms with Crippen LogP contribution in [0.3, 0.4) is 0 Å². The Balaban J connectivity index is 1.60. The molecule has 0 aromatic heterocycles. The summed E-state index contributed by atoms with van der Waals surface area (Å²) in [5, 5.41) is 0. The number of carbonyl (C=O) groups excluding carboxylic acids is 2. The largest absolute Gasteiger partial charge is 0.352 e. The summed E-state index contributed by atoms with van der Waals surface area (Å²) in [5.41, 5.74) is -0.127. The molecule has 0 aromatic rings. The molecule has 0 N–H and O–H groups in total. The Morgan fingerprint density at radius 1 is 1.20 bits per heavy atom. The van der Waals surface area contributed by atoms with Gasteiger partial charge in [-0.1, -0.05) is 27.4 Å². The van der Waals surface area contributed by atoms with Gasteiger partial charge in [0.05, 0.1) is 0 Å². The zero-order chi connectivity index (χ0) is 17.9. The average Bonchev–Trinajstić information content (AvgIpc) is 3.27. The Bertz CT molecular complexity index is 716. The fourth-order valence-corrected chi connectivity index (χ4v) is 7.63. The van der Waals surface area contributed by atoms with Crippen LogP contribution < -0.4 is 0 Å². The number of halogens is 1. The number of hydrogen-bond acceptors (Lipinski definition) is 3. The first-order valence-electron chi connectivity index (χ1n) is 9.75. The molecule has 0 radical (unpaired) electrons. The zero-order valence-corrected chi connectivity index (χ0v) is 15.3. The van der Waals surface area contributed by atoms with Crippen LogP contribution in [0.5, 0.6) is 0 Å². The lowest BCUT2D eigenvalue weighted by Gasteiger charge is -2.60. The molecule has 9 atom stereocenters. The van der Waals surface area contributed by atoms with E-state index < -0.39 is 17.2 Å².